The van der Waals surface area contributed by atoms with Crippen LogP contribution < -0.4 is 30.2 Å². The number of methoxy groups -OCH3 is 3. The van der Waals surface area contributed by atoms with Crippen LogP contribution in [-0.4, -0.2) is 60.6 Å². The van der Waals surface area contributed by atoms with Gasteiger partial charge in [-0.2, -0.15) is 0 Å². The lowest BCUT2D eigenvalue weighted by molar-refractivity contribution is 0.101. The molecule has 0 saturated heterocycles. The molecule has 1 heterocycles. The summed E-state index contributed by atoms with van der Waals surface area (Å²) in [4.78, 5) is 38.5. The number of carbonyl (C=O) groups is 3. The lowest BCUT2D eigenvalue weighted by atomic mass is 10.1. The summed E-state index contributed by atoms with van der Waals surface area (Å²) in [6, 6.07) is 52.2. The van der Waals surface area contributed by atoms with Crippen molar-refractivity contribution in [3.05, 3.63) is 193 Å². The fourth-order valence-corrected chi connectivity index (χ4v) is 8.15. The van der Waals surface area contributed by atoms with E-state index in [1.807, 2.05) is 109 Å². The van der Waals surface area contributed by atoms with Gasteiger partial charge in [0, 0.05) is 33.5 Å². The molecule has 6 N–H and O–H groups in total. The lowest BCUT2D eigenvalue weighted by Gasteiger charge is -2.12. The van der Waals surface area contributed by atoms with Crippen LogP contribution in [0.4, 0.5) is 17.1 Å². The van der Waals surface area contributed by atoms with Gasteiger partial charge >= 0.3 is 0 Å². The summed E-state index contributed by atoms with van der Waals surface area (Å²) in [5.41, 5.74) is 3.75. The Morgan fingerprint density at radius 2 is 1.00 bits per heavy atom. The van der Waals surface area contributed by atoms with E-state index in [-0.39, 0.29) is 39.8 Å². The molecule has 9 aromatic carbocycles. The van der Waals surface area contributed by atoms with Gasteiger partial charge in [0.25, 0.3) is 17.7 Å². The van der Waals surface area contributed by atoms with Crippen molar-refractivity contribution in [2.45, 2.75) is 4.90 Å². The minimum absolute atomic E-state index is 0.0165. The van der Waals surface area contributed by atoms with Crippen molar-refractivity contribution in [1.82, 2.24) is 0 Å². The van der Waals surface area contributed by atoms with Gasteiger partial charge in [0.1, 0.15) is 45.7 Å². The highest BCUT2D eigenvalue weighted by atomic mass is 32.2. The monoisotopic (exact) mass is 965 g/mol. The smallest absolute Gasteiger partial charge is 0.259 e. The summed E-state index contributed by atoms with van der Waals surface area (Å²) in [5, 5.41) is 44.1. The fourth-order valence-electron chi connectivity index (χ4n) is 7.70. The van der Waals surface area contributed by atoms with E-state index >= 15 is 0 Å². The second kappa shape index (κ2) is 21.9. The molecule has 0 atom stereocenters. The third-order valence-corrected chi connectivity index (χ3v) is 12.0. The molecule has 0 aliphatic carbocycles. The number of carbonyl (C=O) groups excluding carboxylic acids is 3. The average Bonchev–Trinajstić information content (AvgIpc) is 3.75. The molecule has 71 heavy (non-hydrogen) atoms. The fraction of sp³-hybridized carbons (Fsp3) is 0.0702. The van der Waals surface area contributed by atoms with Crippen molar-refractivity contribution in [2.24, 2.45) is 0 Å². The highest BCUT2D eigenvalue weighted by Gasteiger charge is 2.19. The number of amides is 3. The highest BCUT2D eigenvalue weighted by molar-refractivity contribution is 7.98. The number of nitrogens with one attached hydrogen (secondary N) is 3. The Morgan fingerprint density at radius 1 is 0.451 bits per heavy atom. The molecule has 0 saturated carbocycles. The van der Waals surface area contributed by atoms with Crippen LogP contribution in [0.3, 0.4) is 0 Å². The molecule has 14 heteroatoms. The molecule has 3 amide bonds. The number of ether oxygens (including phenoxy) is 3. The first-order valence-corrected chi connectivity index (χ1v) is 23.2. The van der Waals surface area contributed by atoms with Gasteiger partial charge in [0.2, 0.25) is 0 Å². The highest BCUT2D eigenvalue weighted by Crippen LogP contribution is 2.37. The number of fused-ring (bicyclic) bond motifs is 5. The number of anilines is 3. The molecule has 0 unspecified atom stereocenters. The van der Waals surface area contributed by atoms with E-state index < -0.39 is 11.8 Å². The van der Waals surface area contributed by atoms with E-state index in [1.54, 1.807) is 79.5 Å². The zero-order valence-corrected chi connectivity index (χ0v) is 39.7. The zero-order valence-electron chi connectivity index (χ0n) is 38.9. The Balaban J connectivity index is 0.000000146. The van der Waals surface area contributed by atoms with Gasteiger partial charge < -0.3 is 49.9 Å². The number of aromatic hydroxyl groups is 3. The molecular weight excluding hydrogens is 919 g/mol. The van der Waals surface area contributed by atoms with Gasteiger partial charge in [0.15, 0.2) is 0 Å². The summed E-state index contributed by atoms with van der Waals surface area (Å²) in [7, 11) is 4.56. The number of benzene rings is 9. The van der Waals surface area contributed by atoms with Gasteiger partial charge in [-0.05, 0) is 107 Å². The summed E-state index contributed by atoms with van der Waals surface area (Å²) in [6.45, 7) is 0. The van der Waals surface area contributed by atoms with Crippen LogP contribution in [0.25, 0.3) is 43.5 Å². The lowest BCUT2D eigenvalue weighted by Crippen LogP contribution is -2.13. The second-order valence-corrected chi connectivity index (χ2v) is 16.6. The van der Waals surface area contributed by atoms with Gasteiger partial charge in [-0.25, -0.2) is 0 Å². The maximum Gasteiger partial charge on any atom is 0.259 e. The predicted molar refractivity (Wildman–Crippen MR) is 281 cm³/mol. The van der Waals surface area contributed by atoms with Gasteiger partial charge in [0.05, 0.1) is 49.4 Å². The van der Waals surface area contributed by atoms with E-state index in [1.165, 1.54) is 26.4 Å². The number of rotatable bonds is 10. The summed E-state index contributed by atoms with van der Waals surface area (Å²) < 4.78 is 21.5. The van der Waals surface area contributed by atoms with E-state index in [4.69, 9.17) is 18.6 Å². The first kappa shape index (κ1) is 48.3. The molecule has 0 aliphatic heterocycles. The molecule has 0 spiro atoms. The number of phenolic OH excluding ortho intramolecular Hbond substituents is 3. The summed E-state index contributed by atoms with van der Waals surface area (Å²) in [5.74, 6) is 0.139. The van der Waals surface area contributed by atoms with Crippen LogP contribution in [0.15, 0.2) is 185 Å². The van der Waals surface area contributed by atoms with Crippen molar-refractivity contribution >= 4 is 90.0 Å². The molecular formula is C57H47N3O10S. The van der Waals surface area contributed by atoms with Crippen LogP contribution in [0.2, 0.25) is 0 Å². The minimum atomic E-state index is -0.429. The molecule has 10 rings (SSSR count). The zero-order chi connectivity index (χ0) is 50.0. The first-order chi connectivity index (χ1) is 34.5. The van der Waals surface area contributed by atoms with Gasteiger partial charge in [-0.1, -0.05) is 84.9 Å². The second-order valence-electron chi connectivity index (χ2n) is 15.8. The normalized spacial score (nSPS) is 10.6. The maximum absolute atomic E-state index is 12.9. The van der Waals surface area contributed by atoms with Crippen molar-refractivity contribution in [2.75, 3.05) is 43.5 Å². The quantitative estimate of drug-likeness (QED) is 0.0716. The number of thioether (sulfide) groups is 1. The standard InChI is InChI=1S/C24H17NO4.C18H15NO2S.C15H15NO4/c1-28-23-12-17-16-8-4-5-9-21(16)29-22(17)13-19(23)25-24(27)18-10-14-6-2-3-7-15(14)11-20(18)26;1-22-15-8-4-7-14(11-15)19-18(21)16-9-12-5-2-3-6-13(12)10-17(16)20;1-19-10-7-8-11(13(17)9-10)15(18)16-12-5-3-4-6-14(12)20-2/h2-13,26H,1H3,(H,25,27);2-11,20H,1H3,(H,19,21);3-9,17H,1-2H3,(H,16,18). The number of furan rings is 1. The van der Waals surface area contributed by atoms with Crippen molar-refractivity contribution < 1.29 is 48.3 Å². The maximum atomic E-state index is 12.9. The van der Waals surface area contributed by atoms with Crippen molar-refractivity contribution in [1.29, 1.82) is 0 Å². The SMILES string of the molecule is COc1cc2c(cc1NC(=O)c1cc3ccccc3cc1O)oc1ccccc12.COc1ccc(C(=O)Nc2ccccc2OC)c(O)c1.CSc1cccc(NC(=O)c2cc3ccccc3cc2O)c1. The topological polar surface area (TPSA) is 189 Å². The summed E-state index contributed by atoms with van der Waals surface area (Å²) >= 11 is 1.61. The molecule has 10 aromatic rings. The van der Waals surface area contributed by atoms with Gasteiger partial charge in [-0.15, -0.1) is 11.8 Å². The van der Waals surface area contributed by atoms with Crippen LogP contribution in [0.5, 0.6) is 34.5 Å². The molecule has 0 radical (unpaired) electrons. The van der Waals surface area contributed by atoms with E-state index in [0.29, 0.717) is 39.9 Å². The Bertz CT molecular complexity index is 3590. The Kier molecular flexibility index (Phi) is 14.9. The number of hydrogen-bond acceptors (Lipinski definition) is 11. The molecule has 1 aromatic heterocycles. The number of phenols is 3. The largest absolute Gasteiger partial charge is 0.507 e. The van der Waals surface area contributed by atoms with E-state index in [0.717, 1.165) is 42.8 Å². The first-order valence-electron chi connectivity index (χ1n) is 22.0. The molecule has 0 fully saturated rings. The Morgan fingerprint density at radius 3 is 1.62 bits per heavy atom. The van der Waals surface area contributed by atoms with Crippen molar-refractivity contribution in [3.63, 3.8) is 0 Å². The Hall–Kier alpha value is -9.14. The minimum Gasteiger partial charge on any atom is -0.507 e. The van der Waals surface area contributed by atoms with Crippen LogP contribution in [-0.2, 0) is 0 Å². The average molecular weight is 966 g/mol. The van der Waals surface area contributed by atoms with E-state index in [2.05, 4.69) is 16.0 Å². The van der Waals surface area contributed by atoms with Crippen molar-refractivity contribution in [3.8, 4) is 34.5 Å². The Labute approximate surface area is 412 Å². The summed E-state index contributed by atoms with van der Waals surface area (Å²) in [6.07, 6.45) is 1.98. The third kappa shape index (κ3) is 11.1. The molecule has 356 valence electrons. The predicted octanol–water partition coefficient (Wildman–Crippen LogP) is 12.9. The van der Waals surface area contributed by atoms with Crippen LogP contribution >= 0.6 is 11.8 Å². The van der Waals surface area contributed by atoms with Gasteiger partial charge in [-0.3, -0.25) is 14.4 Å². The van der Waals surface area contributed by atoms with Crippen LogP contribution in [0.1, 0.15) is 31.1 Å². The van der Waals surface area contributed by atoms with E-state index in [9.17, 15) is 29.7 Å². The third-order valence-electron chi connectivity index (χ3n) is 11.3. The molecule has 0 bridgehead atoms. The molecule has 0 aliphatic rings. The number of para-hydroxylation sites is 3. The van der Waals surface area contributed by atoms with Crippen LogP contribution in [0, 0.1) is 0 Å². The number of hydrogen-bond donors (Lipinski definition) is 6. The molecule has 13 nitrogen and oxygen atoms in total.